The highest BCUT2D eigenvalue weighted by Gasteiger charge is 1.98. The zero-order chi connectivity index (χ0) is 12.8. The van der Waals surface area contributed by atoms with Crippen LogP contribution in [0.3, 0.4) is 0 Å². The van der Waals surface area contributed by atoms with Gasteiger partial charge >= 0.3 is 0 Å². The Hall–Kier alpha value is -2.22. The molecule has 0 bridgehead atoms. The smallest absolute Gasteiger partial charge is 0.126 e. The molecular formula is C16H16O2. The molecule has 2 heteroatoms. The van der Waals surface area contributed by atoms with E-state index in [-0.39, 0.29) is 5.75 Å². The second-order valence-electron chi connectivity index (χ2n) is 3.97. The fourth-order valence-corrected chi connectivity index (χ4v) is 1.60. The molecule has 0 amide bonds. The van der Waals surface area contributed by atoms with E-state index in [4.69, 9.17) is 4.74 Å². The third kappa shape index (κ3) is 3.14. The number of phenols is 1. The van der Waals surface area contributed by atoms with E-state index in [1.165, 1.54) is 0 Å². The lowest BCUT2D eigenvalue weighted by Crippen LogP contribution is -1.82. The van der Waals surface area contributed by atoms with E-state index in [1.807, 2.05) is 42.5 Å². The van der Waals surface area contributed by atoms with Crippen molar-refractivity contribution in [1.82, 2.24) is 0 Å². The van der Waals surface area contributed by atoms with Crippen LogP contribution in [0, 0.1) is 0 Å². The Labute approximate surface area is 107 Å². The van der Waals surface area contributed by atoms with E-state index in [2.05, 4.69) is 6.92 Å². The fraction of sp³-hybridized carbons (Fsp3) is 0.125. The molecule has 0 unspecified atom stereocenters. The molecule has 0 aliphatic heterocycles. The van der Waals surface area contributed by atoms with E-state index in [1.54, 1.807) is 18.4 Å². The van der Waals surface area contributed by atoms with Crippen LogP contribution in [-0.2, 0) is 0 Å². The number of ether oxygens (including phenoxy) is 1. The standard InChI is InChI=1S/C16H16O2/c1-2-3-12-18-16-10-6-14(7-11-16)13-4-8-15(17)9-5-13/h3-12,17H,2H2,1H3. The normalized spacial score (nSPS) is 10.7. The number of hydrogen-bond donors (Lipinski definition) is 1. The van der Waals surface area contributed by atoms with Crippen LogP contribution in [0.5, 0.6) is 11.5 Å². The topological polar surface area (TPSA) is 29.5 Å². The van der Waals surface area contributed by atoms with Crippen LogP contribution < -0.4 is 4.74 Å². The Morgan fingerprint density at radius 1 is 0.944 bits per heavy atom. The molecule has 2 nitrogen and oxygen atoms in total. The summed E-state index contributed by atoms with van der Waals surface area (Å²) in [7, 11) is 0. The lowest BCUT2D eigenvalue weighted by molar-refractivity contribution is 0.475. The van der Waals surface area contributed by atoms with E-state index in [0.717, 1.165) is 23.3 Å². The van der Waals surface area contributed by atoms with Gasteiger partial charge in [0.15, 0.2) is 0 Å². The van der Waals surface area contributed by atoms with Crippen LogP contribution in [0.15, 0.2) is 60.9 Å². The summed E-state index contributed by atoms with van der Waals surface area (Å²) < 4.78 is 5.44. The van der Waals surface area contributed by atoms with Crippen molar-refractivity contribution in [3.63, 3.8) is 0 Å². The summed E-state index contributed by atoms with van der Waals surface area (Å²) >= 11 is 0. The van der Waals surface area contributed by atoms with Gasteiger partial charge in [0.05, 0.1) is 6.26 Å². The number of phenolic OH excluding ortho intramolecular Hbond substituents is 1. The molecule has 2 aromatic rings. The molecule has 0 aliphatic rings. The highest BCUT2D eigenvalue weighted by molar-refractivity contribution is 5.64. The lowest BCUT2D eigenvalue weighted by Gasteiger charge is -2.04. The molecule has 0 aliphatic carbocycles. The summed E-state index contributed by atoms with van der Waals surface area (Å²) in [6, 6.07) is 15.0. The molecule has 2 rings (SSSR count). The third-order valence-electron chi connectivity index (χ3n) is 2.59. The molecule has 0 saturated heterocycles. The van der Waals surface area contributed by atoms with Crippen molar-refractivity contribution >= 4 is 0 Å². The molecule has 18 heavy (non-hydrogen) atoms. The Morgan fingerprint density at radius 2 is 1.50 bits per heavy atom. The minimum absolute atomic E-state index is 0.281. The number of rotatable bonds is 4. The van der Waals surface area contributed by atoms with Crippen LogP contribution in [-0.4, -0.2) is 5.11 Å². The van der Waals surface area contributed by atoms with E-state index >= 15 is 0 Å². The number of allylic oxidation sites excluding steroid dienone is 1. The summed E-state index contributed by atoms with van der Waals surface area (Å²) in [5.74, 6) is 1.10. The molecule has 0 fully saturated rings. The molecule has 1 N–H and O–H groups in total. The molecule has 2 aromatic carbocycles. The maximum atomic E-state index is 9.24. The maximum Gasteiger partial charge on any atom is 0.126 e. The molecular weight excluding hydrogens is 224 g/mol. The first kappa shape index (κ1) is 12.2. The van der Waals surface area contributed by atoms with Crippen LogP contribution in [0.4, 0.5) is 0 Å². The lowest BCUT2D eigenvalue weighted by atomic mass is 10.1. The van der Waals surface area contributed by atoms with Gasteiger partial charge in [0.25, 0.3) is 0 Å². The molecule has 0 heterocycles. The average Bonchev–Trinajstić information content (AvgIpc) is 2.41. The van der Waals surface area contributed by atoms with Crippen molar-refractivity contribution in [2.75, 3.05) is 0 Å². The van der Waals surface area contributed by atoms with Crippen molar-refractivity contribution in [1.29, 1.82) is 0 Å². The Morgan fingerprint density at radius 3 is 2.06 bits per heavy atom. The van der Waals surface area contributed by atoms with Crippen molar-refractivity contribution < 1.29 is 9.84 Å². The average molecular weight is 240 g/mol. The van der Waals surface area contributed by atoms with Crippen LogP contribution in [0.2, 0.25) is 0 Å². The predicted molar refractivity (Wildman–Crippen MR) is 73.6 cm³/mol. The monoisotopic (exact) mass is 240 g/mol. The number of benzene rings is 2. The molecule has 92 valence electrons. The van der Waals surface area contributed by atoms with Gasteiger partial charge in [-0.25, -0.2) is 0 Å². The largest absolute Gasteiger partial charge is 0.508 e. The van der Waals surface area contributed by atoms with E-state index in [9.17, 15) is 5.11 Å². The molecule has 0 radical (unpaired) electrons. The fourth-order valence-electron chi connectivity index (χ4n) is 1.60. The summed E-state index contributed by atoms with van der Waals surface area (Å²) in [6.07, 6.45) is 4.63. The zero-order valence-electron chi connectivity index (χ0n) is 10.3. The minimum Gasteiger partial charge on any atom is -0.508 e. The third-order valence-corrected chi connectivity index (χ3v) is 2.59. The highest BCUT2D eigenvalue weighted by atomic mass is 16.5. The van der Waals surface area contributed by atoms with Gasteiger partial charge < -0.3 is 9.84 Å². The Kier molecular flexibility index (Phi) is 4.02. The van der Waals surface area contributed by atoms with Gasteiger partial charge in [-0.15, -0.1) is 0 Å². The summed E-state index contributed by atoms with van der Waals surface area (Å²) in [5, 5.41) is 9.24. The summed E-state index contributed by atoms with van der Waals surface area (Å²) in [6.45, 7) is 2.06. The van der Waals surface area contributed by atoms with Gasteiger partial charge in [-0.3, -0.25) is 0 Å². The first-order chi connectivity index (χ1) is 8.79. The molecule has 0 saturated carbocycles. The molecule has 0 atom stereocenters. The Balaban J connectivity index is 2.12. The first-order valence-corrected chi connectivity index (χ1v) is 6.00. The van der Waals surface area contributed by atoms with Crippen molar-refractivity contribution in [3.05, 3.63) is 60.9 Å². The SMILES string of the molecule is CCC=COc1ccc(-c2ccc(O)cc2)cc1. The van der Waals surface area contributed by atoms with Crippen molar-refractivity contribution in [3.8, 4) is 22.6 Å². The second kappa shape index (κ2) is 5.92. The van der Waals surface area contributed by atoms with Crippen LogP contribution in [0.1, 0.15) is 13.3 Å². The first-order valence-electron chi connectivity index (χ1n) is 6.00. The van der Waals surface area contributed by atoms with E-state index < -0.39 is 0 Å². The quantitative estimate of drug-likeness (QED) is 0.804. The van der Waals surface area contributed by atoms with Crippen molar-refractivity contribution in [2.45, 2.75) is 13.3 Å². The second-order valence-corrected chi connectivity index (χ2v) is 3.97. The van der Waals surface area contributed by atoms with Gasteiger partial charge in [-0.05, 0) is 47.9 Å². The van der Waals surface area contributed by atoms with Gasteiger partial charge in [0.2, 0.25) is 0 Å². The number of aromatic hydroxyl groups is 1. The van der Waals surface area contributed by atoms with Gasteiger partial charge in [0.1, 0.15) is 11.5 Å². The maximum absolute atomic E-state index is 9.24. The van der Waals surface area contributed by atoms with Crippen LogP contribution in [0.25, 0.3) is 11.1 Å². The van der Waals surface area contributed by atoms with E-state index in [0.29, 0.717) is 0 Å². The predicted octanol–water partition coefficient (Wildman–Crippen LogP) is 4.36. The van der Waals surface area contributed by atoms with Crippen LogP contribution >= 0.6 is 0 Å². The van der Waals surface area contributed by atoms with Gasteiger partial charge in [0, 0.05) is 0 Å². The van der Waals surface area contributed by atoms with Gasteiger partial charge in [-0.1, -0.05) is 31.2 Å². The summed E-state index contributed by atoms with van der Waals surface area (Å²) in [4.78, 5) is 0. The Bertz CT molecular complexity index is 510. The number of hydrogen-bond acceptors (Lipinski definition) is 2. The molecule has 0 aromatic heterocycles. The molecule has 0 spiro atoms. The van der Waals surface area contributed by atoms with Gasteiger partial charge in [-0.2, -0.15) is 0 Å². The zero-order valence-corrected chi connectivity index (χ0v) is 10.3. The highest BCUT2D eigenvalue weighted by Crippen LogP contribution is 2.24. The van der Waals surface area contributed by atoms with Crippen molar-refractivity contribution in [2.24, 2.45) is 0 Å². The summed E-state index contributed by atoms with van der Waals surface area (Å²) in [5.41, 5.74) is 2.17. The minimum atomic E-state index is 0.281.